The van der Waals surface area contributed by atoms with Crippen molar-refractivity contribution in [3.8, 4) is 0 Å². The van der Waals surface area contributed by atoms with E-state index in [9.17, 15) is 29.7 Å². The van der Waals surface area contributed by atoms with E-state index < -0.39 is 94.3 Å². The van der Waals surface area contributed by atoms with Gasteiger partial charge in [0.25, 0.3) is 0 Å². The van der Waals surface area contributed by atoms with Gasteiger partial charge < -0.3 is 34.3 Å². The monoisotopic (exact) mass is 424 g/mol. The van der Waals surface area contributed by atoms with Crippen molar-refractivity contribution in [1.29, 1.82) is 0 Å². The molecule has 0 bridgehead atoms. The van der Waals surface area contributed by atoms with Gasteiger partial charge >= 0.3 is 17.9 Å². The van der Waals surface area contributed by atoms with Crippen molar-refractivity contribution in [2.75, 3.05) is 0 Å². The summed E-state index contributed by atoms with van der Waals surface area (Å²) in [6, 6.07) is 0. The molecule has 0 aromatic rings. The summed E-state index contributed by atoms with van der Waals surface area (Å²) in [5.74, 6) is -4.90. The van der Waals surface area contributed by atoms with Gasteiger partial charge in [-0.3, -0.25) is 4.79 Å². The average molecular weight is 424 g/mol. The van der Waals surface area contributed by atoms with Crippen LogP contribution in [0.2, 0.25) is 0 Å². The van der Waals surface area contributed by atoms with E-state index in [0.717, 1.165) is 0 Å². The van der Waals surface area contributed by atoms with Gasteiger partial charge in [0.2, 0.25) is 6.29 Å². The third kappa shape index (κ3) is 1.40. The lowest BCUT2D eigenvalue weighted by Crippen LogP contribution is -2.63. The highest BCUT2D eigenvalue weighted by Crippen LogP contribution is 2.83. The fraction of sp³-hybridized carbons (Fsp3) is 0.850. The molecule has 30 heavy (non-hydrogen) atoms. The lowest BCUT2D eigenvalue weighted by Gasteiger charge is -2.47. The molecule has 2 spiro atoms. The molecule has 6 aliphatic rings. The number of hydrogen-bond acceptors (Lipinski definition) is 10. The summed E-state index contributed by atoms with van der Waals surface area (Å²) in [4.78, 5) is 38.2. The van der Waals surface area contributed by atoms with E-state index in [-0.39, 0.29) is 0 Å². The van der Waals surface area contributed by atoms with Crippen LogP contribution in [0.3, 0.4) is 0 Å². The van der Waals surface area contributed by atoms with Crippen molar-refractivity contribution in [3.05, 3.63) is 0 Å². The maximum atomic E-state index is 13.3. The fourth-order valence-corrected chi connectivity index (χ4v) is 8.28. The third-order valence-corrected chi connectivity index (χ3v) is 8.76. The zero-order chi connectivity index (χ0) is 21.8. The van der Waals surface area contributed by atoms with Gasteiger partial charge in [0.05, 0.1) is 28.8 Å². The predicted molar refractivity (Wildman–Crippen MR) is 91.9 cm³/mol. The molecule has 4 saturated heterocycles. The van der Waals surface area contributed by atoms with E-state index in [1.54, 1.807) is 6.92 Å². The quantitative estimate of drug-likeness (QED) is 0.309. The van der Waals surface area contributed by atoms with Crippen LogP contribution in [0.1, 0.15) is 27.7 Å². The van der Waals surface area contributed by atoms with Gasteiger partial charge in [-0.1, -0.05) is 27.7 Å². The molecule has 6 rings (SSSR count). The summed E-state index contributed by atoms with van der Waals surface area (Å²) >= 11 is 0. The number of carbonyl (C=O) groups is 3. The molecule has 10 heteroatoms. The van der Waals surface area contributed by atoms with Gasteiger partial charge in [-0.05, 0) is 5.41 Å². The number of fused-ring (bicyclic) bond motifs is 1. The van der Waals surface area contributed by atoms with Gasteiger partial charge in [-0.25, -0.2) is 9.59 Å². The maximum absolute atomic E-state index is 13.3. The Labute approximate surface area is 171 Å². The lowest BCUT2D eigenvalue weighted by molar-refractivity contribution is -0.208. The molecule has 0 radical (unpaired) electrons. The van der Waals surface area contributed by atoms with Crippen molar-refractivity contribution in [2.24, 2.45) is 34.0 Å². The number of aliphatic hydroxyl groups is 3. The maximum Gasteiger partial charge on any atom is 0.340 e. The summed E-state index contributed by atoms with van der Waals surface area (Å²) in [6.07, 6.45) is -8.29. The first kappa shape index (κ1) is 19.0. The van der Waals surface area contributed by atoms with Crippen LogP contribution < -0.4 is 0 Å². The Kier molecular flexibility index (Phi) is 3.06. The van der Waals surface area contributed by atoms with Crippen LogP contribution in [0.5, 0.6) is 0 Å². The Morgan fingerprint density at radius 1 is 0.967 bits per heavy atom. The molecule has 0 aromatic heterocycles. The molecular weight excluding hydrogens is 400 g/mol. The number of carbonyl (C=O) groups excluding carboxylic acids is 3. The molecule has 12 atom stereocenters. The van der Waals surface area contributed by atoms with Crippen LogP contribution in [0.15, 0.2) is 0 Å². The van der Waals surface area contributed by atoms with Crippen LogP contribution in [-0.2, 0) is 33.3 Å². The summed E-state index contributed by atoms with van der Waals surface area (Å²) in [7, 11) is 0. The van der Waals surface area contributed by atoms with Crippen LogP contribution in [0, 0.1) is 34.0 Å². The lowest BCUT2D eigenvalue weighted by atomic mass is 9.51. The van der Waals surface area contributed by atoms with E-state index in [0.29, 0.717) is 0 Å². The Hall–Kier alpha value is -1.75. The van der Waals surface area contributed by atoms with Gasteiger partial charge in [-0.15, -0.1) is 0 Å². The molecule has 6 fully saturated rings. The van der Waals surface area contributed by atoms with Crippen molar-refractivity contribution in [3.63, 3.8) is 0 Å². The normalized spacial score (nSPS) is 60.1. The van der Waals surface area contributed by atoms with Crippen molar-refractivity contribution in [2.45, 2.75) is 70.1 Å². The van der Waals surface area contributed by atoms with Gasteiger partial charge in [0.15, 0.2) is 11.7 Å². The number of aliphatic hydroxyl groups excluding tert-OH is 3. The Morgan fingerprint density at radius 2 is 1.63 bits per heavy atom. The van der Waals surface area contributed by atoms with E-state index in [1.807, 2.05) is 20.8 Å². The minimum atomic E-state index is -1.89. The molecule has 164 valence electrons. The average Bonchev–Trinajstić information content (AvgIpc) is 3.34. The molecular formula is C20H24O10. The smallest absolute Gasteiger partial charge is 0.340 e. The fourth-order valence-electron chi connectivity index (χ4n) is 8.28. The van der Waals surface area contributed by atoms with E-state index >= 15 is 0 Å². The van der Waals surface area contributed by atoms with Crippen molar-refractivity contribution < 1.29 is 48.7 Å². The zero-order valence-corrected chi connectivity index (χ0v) is 16.9. The summed E-state index contributed by atoms with van der Waals surface area (Å²) in [5, 5.41) is 34.2. The Bertz CT molecular complexity index is 910. The van der Waals surface area contributed by atoms with Crippen LogP contribution in [0.4, 0.5) is 0 Å². The third-order valence-electron chi connectivity index (χ3n) is 8.76. The van der Waals surface area contributed by atoms with Gasteiger partial charge in [-0.2, -0.15) is 0 Å². The first-order valence-electron chi connectivity index (χ1n) is 10.2. The zero-order valence-electron chi connectivity index (χ0n) is 16.9. The van der Waals surface area contributed by atoms with E-state index in [1.165, 1.54) is 0 Å². The molecule has 12 unspecified atom stereocenters. The summed E-state index contributed by atoms with van der Waals surface area (Å²) in [6.45, 7) is 7.05. The van der Waals surface area contributed by atoms with Crippen LogP contribution >= 0.6 is 0 Å². The Balaban J connectivity index is 1.71. The molecule has 2 saturated carbocycles. The highest BCUT2D eigenvalue weighted by Gasteiger charge is 3.01. The Morgan fingerprint density at radius 3 is 2.27 bits per heavy atom. The first-order chi connectivity index (χ1) is 13.9. The first-order valence-corrected chi connectivity index (χ1v) is 10.2. The molecule has 3 N–H and O–H groups in total. The molecule has 0 aromatic carbocycles. The van der Waals surface area contributed by atoms with Crippen molar-refractivity contribution in [1.82, 2.24) is 0 Å². The standard InChI is InChI=1S/C20H24O10/c1-5-6-8(27-13(5)24)10(22)19-12-7(21)9(17(2,3)4)18(19)11(23)14(25)29-16(18)30-20(6,19)15(26)28-12/h5-12,16,21-23H,1-4H3. The number of esters is 3. The number of hydrogen-bond donors (Lipinski definition) is 3. The summed E-state index contributed by atoms with van der Waals surface area (Å²) < 4.78 is 22.7. The van der Waals surface area contributed by atoms with Crippen LogP contribution in [0.25, 0.3) is 0 Å². The minimum absolute atomic E-state index is 0.581. The predicted octanol–water partition coefficient (Wildman–Crippen LogP) is -1.51. The van der Waals surface area contributed by atoms with E-state index in [2.05, 4.69) is 0 Å². The van der Waals surface area contributed by atoms with Gasteiger partial charge in [0.1, 0.15) is 18.3 Å². The van der Waals surface area contributed by atoms with Gasteiger partial charge in [0, 0.05) is 5.92 Å². The number of ether oxygens (including phenoxy) is 4. The minimum Gasteiger partial charge on any atom is -0.459 e. The molecule has 10 nitrogen and oxygen atoms in total. The topological polar surface area (TPSA) is 149 Å². The highest BCUT2D eigenvalue weighted by atomic mass is 16.7. The van der Waals surface area contributed by atoms with Crippen LogP contribution in [-0.4, -0.2) is 75.6 Å². The van der Waals surface area contributed by atoms with E-state index in [4.69, 9.17) is 18.9 Å². The largest absolute Gasteiger partial charge is 0.459 e. The second kappa shape index (κ2) is 4.85. The highest BCUT2D eigenvalue weighted by molar-refractivity contribution is 5.92. The molecule has 0 amide bonds. The molecule has 4 heterocycles. The molecule has 4 aliphatic heterocycles. The SMILES string of the molecule is CC1C(=O)OC2C1C13OC4OC(=O)C(O)C45C(C(C)(C)C)C(O)C(OC1=O)C35C2O. The van der Waals surface area contributed by atoms with Crippen molar-refractivity contribution >= 4 is 17.9 Å². The number of rotatable bonds is 0. The second-order valence-corrected chi connectivity index (χ2v) is 10.6. The second-order valence-electron chi connectivity index (χ2n) is 10.6. The summed E-state index contributed by atoms with van der Waals surface area (Å²) in [5.41, 5.74) is -5.96. The molecule has 2 aliphatic carbocycles.